The number of nitrogens with zero attached hydrogens (tertiary/aromatic N) is 4. The monoisotopic (exact) mass is 558 g/mol. The molecule has 3 fully saturated rings. The van der Waals surface area contributed by atoms with Gasteiger partial charge in [0.2, 0.25) is 5.91 Å². The zero-order valence-electron chi connectivity index (χ0n) is 25.0. The smallest absolute Gasteiger partial charge is 0.227 e. The molecule has 3 aliphatic heterocycles. The summed E-state index contributed by atoms with van der Waals surface area (Å²) in [5.41, 5.74) is 3.71. The second kappa shape index (κ2) is 10.8. The van der Waals surface area contributed by atoms with E-state index < -0.39 is 0 Å². The maximum Gasteiger partial charge on any atom is 0.227 e. The number of imidazole rings is 1. The number of hydrogen-bond acceptors (Lipinski definition) is 4. The van der Waals surface area contributed by atoms with Gasteiger partial charge >= 0.3 is 0 Å². The summed E-state index contributed by atoms with van der Waals surface area (Å²) in [6.07, 6.45) is 10.5. The van der Waals surface area contributed by atoms with Crippen molar-refractivity contribution in [2.45, 2.75) is 101 Å². The van der Waals surface area contributed by atoms with Gasteiger partial charge in [-0.15, -0.1) is 11.8 Å². The summed E-state index contributed by atoms with van der Waals surface area (Å²) in [4.78, 5) is 24.3. The quantitative estimate of drug-likeness (QED) is 0.299. The Bertz CT molecular complexity index is 1350. The van der Waals surface area contributed by atoms with Crippen molar-refractivity contribution >= 4 is 28.7 Å². The lowest BCUT2D eigenvalue weighted by Gasteiger charge is -2.46. The first-order valence-electron chi connectivity index (χ1n) is 15.3. The zero-order valence-corrected chi connectivity index (χ0v) is 25.8. The fourth-order valence-corrected chi connectivity index (χ4v) is 8.50. The molecule has 6 rings (SSSR count). The van der Waals surface area contributed by atoms with Crippen LogP contribution in [0.1, 0.15) is 83.1 Å². The molecule has 0 saturated carbocycles. The number of para-hydroxylation sites is 2. The van der Waals surface area contributed by atoms with Crippen LogP contribution in [0.3, 0.4) is 0 Å². The minimum Gasteiger partial charge on any atom is -0.342 e. The second-order valence-electron chi connectivity index (χ2n) is 13.6. The lowest BCUT2D eigenvalue weighted by molar-refractivity contribution is -0.141. The average Bonchev–Trinajstić information content (AvgIpc) is 3.41. The van der Waals surface area contributed by atoms with Crippen molar-refractivity contribution in [1.82, 2.24) is 19.4 Å². The number of carbonyl (C=O) groups excluding carboxylic acids is 1. The van der Waals surface area contributed by atoms with Gasteiger partial charge in [0.1, 0.15) is 5.82 Å². The van der Waals surface area contributed by atoms with Gasteiger partial charge in [-0.05, 0) is 99.9 Å². The molecule has 4 heterocycles. The summed E-state index contributed by atoms with van der Waals surface area (Å²) in [5.74, 6) is 1.45. The molecular formula is C34H46N4OS. The summed E-state index contributed by atoms with van der Waals surface area (Å²) in [6.45, 7) is 11.2. The van der Waals surface area contributed by atoms with Crippen LogP contribution in [-0.2, 0) is 10.2 Å². The standard InChI is InChI=1S/C34H46N4OS/c1-24-35-30-11-6-7-12-31(30)38(24)28-22-26-13-14-27(23-28)37(26)20-17-34(25-9-8-10-29(21-25)40-5)15-18-36(19-16-34)32(39)33(2,3)4/h6-12,21,26-28H,13-20,22-23H2,1-5H3/t26-,27+,28?. The van der Waals surface area contributed by atoms with Gasteiger partial charge in [0.05, 0.1) is 11.0 Å². The van der Waals surface area contributed by atoms with Gasteiger partial charge in [0, 0.05) is 41.5 Å². The number of thioether (sulfide) groups is 1. The first kappa shape index (κ1) is 27.8. The van der Waals surface area contributed by atoms with Crippen molar-refractivity contribution in [1.29, 1.82) is 0 Å². The fourth-order valence-electron chi connectivity index (χ4n) is 8.04. The van der Waals surface area contributed by atoms with E-state index >= 15 is 0 Å². The Morgan fingerprint density at radius 3 is 2.38 bits per heavy atom. The van der Waals surface area contributed by atoms with Gasteiger partial charge in [-0.3, -0.25) is 9.69 Å². The topological polar surface area (TPSA) is 41.4 Å². The van der Waals surface area contributed by atoms with E-state index in [1.807, 2.05) is 32.5 Å². The molecule has 0 aliphatic carbocycles. The van der Waals surface area contributed by atoms with Crippen molar-refractivity contribution in [2.75, 3.05) is 25.9 Å². The minimum absolute atomic E-state index is 0.133. The van der Waals surface area contributed by atoms with E-state index in [-0.39, 0.29) is 10.8 Å². The predicted octanol–water partition coefficient (Wildman–Crippen LogP) is 7.23. The molecule has 2 bridgehead atoms. The van der Waals surface area contributed by atoms with E-state index in [0.717, 1.165) is 43.8 Å². The Kier molecular flexibility index (Phi) is 7.54. The van der Waals surface area contributed by atoms with E-state index in [4.69, 9.17) is 4.98 Å². The number of benzene rings is 2. The molecular weight excluding hydrogens is 512 g/mol. The maximum atomic E-state index is 13.1. The molecule has 40 heavy (non-hydrogen) atoms. The number of piperidine rings is 2. The van der Waals surface area contributed by atoms with Crippen LogP contribution in [0, 0.1) is 12.3 Å². The molecule has 3 aliphatic rings. The van der Waals surface area contributed by atoms with Crippen molar-refractivity contribution in [3.8, 4) is 0 Å². The van der Waals surface area contributed by atoms with E-state index in [0.29, 0.717) is 24.0 Å². The molecule has 1 amide bonds. The molecule has 3 saturated heterocycles. The summed E-state index contributed by atoms with van der Waals surface area (Å²) in [6, 6.07) is 19.7. The second-order valence-corrected chi connectivity index (χ2v) is 14.4. The molecule has 3 aromatic rings. The number of hydrogen-bond donors (Lipinski definition) is 0. The molecule has 6 heteroatoms. The molecule has 1 aromatic heterocycles. The third kappa shape index (κ3) is 5.11. The minimum atomic E-state index is -0.318. The summed E-state index contributed by atoms with van der Waals surface area (Å²) in [5, 5.41) is 0. The first-order valence-corrected chi connectivity index (χ1v) is 16.5. The molecule has 2 aromatic carbocycles. The highest BCUT2D eigenvalue weighted by molar-refractivity contribution is 7.98. The van der Waals surface area contributed by atoms with E-state index in [2.05, 4.69) is 76.1 Å². The lowest BCUT2D eigenvalue weighted by Crippen LogP contribution is -2.50. The number of fused-ring (bicyclic) bond motifs is 3. The van der Waals surface area contributed by atoms with Gasteiger partial charge in [0.25, 0.3) is 0 Å². The normalized spacial score (nSPS) is 25.0. The molecule has 0 N–H and O–H groups in total. The van der Waals surface area contributed by atoms with Gasteiger partial charge in [-0.2, -0.15) is 0 Å². The highest BCUT2D eigenvalue weighted by atomic mass is 32.2. The molecule has 5 nitrogen and oxygen atoms in total. The molecule has 214 valence electrons. The van der Waals surface area contributed by atoms with Crippen LogP contribution in [0.25, 0.3) is 11.0 Å². The Labute approximate surface area is 244 Å². The van der Waals surface area contributed by atoms with Gasteiger partial charge in [-0.25, -0.2) is 4.98 Å². The summed E-state index contributed by atoms with van der Waals surface area (Å²) in [7, 11) is 0. The van der Waals surface area contributed by atoms with Crippen LogP contribution in [-0.4, -0.2) is 63.2 Å². The van der Waals surface area contributed by atoms with Crippen molar-refractivity contribution in [2.24, 2.45) is 5.41 Å². The summed E-state index contributed by atoms with van der Waals surface area (Å²) < 4.78 is 2.54. The van der Waals surface area contributed by atoms with Crippen LogP contribution >= 0.6 is 11.8 Å². The highest BCUT2D eigenvalue weighted by Crippen LogP contribution is 2.45. The van der Waals surface area contributed by atoms with Crippen LogP contribution in [0.15, 0.2) is 53.4 Å². The SMILES string of the molecule is CSc1cccc(C2(CCN3[C@@H]4CC[C@H]3CC(n3c(C)nc5ccccc53)C4)CCN(C(=O)C(C)(C)C)CC2)c1. The number of carbonyl (C=O) groups is 1. The van der Waals surface area contributed by atoms with Gasteiger partial charge in [-0.1, -0.05) is 45.0 Å². The molecule has 0 radical (unpaired) electrons. The number of amides is 1. The third-order valence-corrected chi connectivity index (χ3v) is 10.9. The van der Waals surface area contributed by atoms with Crippen LogP contribution in [0.2, 0.25) is 0 Å². The molecule has 1 unspecified atom stereocenters. The third-order valence-electron chi connectivity index (χ3n) is 10.2. The van der Waals surface area contributed by atoms with Crippen molar-refractivity contribution in [3.05, 3.63) is 59.9 Å². The van der Waals surface area contributed by atoms with Crippen LogP contribution in [0.4, 0.5) is 0 Å². The van der Waals surface area contributed by atoms with Crippen molar-refractivity contribution in [3.63, 3.8) is 0 Å². The van der Waals surface area contributed by atoms with Crippen LogP contribution in [0.5, 0.6) is 0 Å². The number of aryl methyl sites for hydroxylation is 1. The first-order chi connectivity index (χ1) is 19.2. The number of likely N-dealkylation sites (tertiary alicyclic amines) is 1. The summed E-state index contributed by atoms with van der Waals surface area (Å²) >= 11 is 1.83. The molecule has 0 spiro atoms. The van der Waals surface area contributed by atoms with Crippen molar-refractivity contribution < 1.29 is 4.79 Å². The van der Waals surface area contributed by atoms with Gasteiger partial charge in [0.15, 0.2) is 0 Å². The Morgan fingerprint density at radius 1 is 1.00 bits per heavy atom. The van der Waals surface area contributed by atoms with E-state index in [1.54, 1.807) is 0 Å². The van der Waals surface area contributed by atoms with Gasteiger partial charge < -0.3 is 9.47 Å². The van der Waals surface area contributed by atoms with Crippen LogP contribution < -0.4 is 0 Å². The number of rotatable bonds is 6. The Morgan fingerprint density at radius 2 is 1.70 bits per heavy atom. The maximum absolute atomic E-state index is 13.1. The lowest BCUT2D eigenvalue weighted by atomic mass is 9.70. The Hall–Kier alpha value is -2.31. The zero-order chi connectivity index (χ0) is 28.1. The largest absolute Gasteiger partial charge is 0.342 e. The molecule has 3 atom stereocenters. The average molecular weight is 559 g/mol. The van der Waals surface area contributed by atoms with E-state index in [1.165, 1.54) is 48.1 Å². The Balaban J connectivity index is 1.20. The highest BCUT2D eigenvalue weighted by Gasteiger charge is 2.44. The fraction of sp³-hybridized carbons (Fsp3) is 0.588. The predicted molar refractivity (Wildman–Crippen MR) is 166 cm³/mol. The number of aromatic nitrogens is 2. The van der Waals surface area contributed by atoms with E-state index in [9.17, 15) is 4.79 Å².